The Labute approximate surface area is 431 Å². The fourth-order valence-corrected chi connectivity index (χ4v) is 9.50. The molecule has 0 atom stereocenters. The summed E-state index contributed by atoms with van der Waals surface area (Å²) in [7, 11) is 4.67. The van der Waals surface area contributed by atoms with E-state index in [-0.39, 0.29) is 37.3 Å². The predicted molar refractivity (Wildman–Crippen MR) is 292 cm³/mol. The number of fused-ring (bicyclic) bond motifs is 3. The van der Waals surface area contributed by atoms with E-state index in [1.807, 2.05) is 35.4 Å². The molecule has 0 spiro atoms. The standard InChI is InChI=1S/C64H65N4O.Pt/c1-40-29-41(2)31-44(30-40)45-32-46(61-42(3)17-15-18-43(61)4)34-50(33-45)66-56-26-22-48(63(8,9)10)36-59(56)67(14)51-19-16-20-52(38-51)69-53-23-25-55-54-24-21-47(62(5,6)7)35-57(54)68(58(55)39-53)60-37-49(27-28-65-60)64(11,12)13;/h15-37,66H,14H2,1-13H3;/q-3;. The zero-order valence-corrected chi connectivity index (χ0v) is 45.3. The molecule has 7 aromatic carbocycles. The molecule has 0 aliphatic carbocycles. The van der Waals surface area contributed by atoms with Crippen LogP contribution in [0.15, 0.2) is 140 Å². The number of rotatable bonds is 9. The van der Waals surface area contributed by atoms with Crippen LogP contribution in [0.25, 0.3) is 49.9 Å². The molecule has 6 heteroatoms. The Bertz CT molecular complexity index is 3370. The first-order chi connectivity index (χ1) is 32.6. The third kappa shape index (κ3) is 10.2. The van der Waals surface area contributed by atoms with E-state index >= 15 is 0 Å². The number of nitrogens with one attached hydrogen (secondary N) is 1. The fraction of sp³-hybridized carbons (Fsp3) is 0.250. The van der Waals surface area contributed by atoms with Crippen molar-refractivity contribution in [1.82, 2.24) is 9.55 Å². The van der Waals surface area contributed by atoms with Crippen molar-refractivity contribution in [3.8, 4) is 39.6 Å². The average molecular weight is 1100 g/mol. The zero-order valence-electron chi connectivity index (χ0n) is 43.1. The second kappa shape index (κ2) is 19.1. The van der Waals surface area contributed by atoms with Crippen molar-refractivity contribution in [1.29, 1.82) is 0 Å². The average Bonchev–Trinajstić information content (AvgIpc) is 3.60. The Morgan fingerprint density at radius 1 is 0.571 bits per heavy atom. The number of anilines is 4. The van der Waals surface area contributed by atoms with E-state index < -0.39 is 0 Å². The predicted octanol–water partition coefficient (Wildman–Crippen LogP) is 17.7. The van der Waals surface area contributed by atoms with Crippen molar-refractivity contribution < 1.29 is 25.8 Å². The summed E-state index contributed by atoms with van der Waals surface area (Å²) in [5.41, 5.74) is 18.8. The number of aromatic nitrogens is 2. The van der Waals surface area contributed by atoms with Gasteiger partial charge in [-0.1, -0.05) is 134 Å². The summed E-state index contributed by atoms with van der Waals surface area (Å²) in [6.45, 7) is 28.9. The largest absolute Gasteiger partial charge is 0.516 e. The molecule has 0 fully saturated rings. The van der Waals surface area contributed by atoms with Gasteiger partial charge in [0.15, 0.2) is 0 Å². The Balaban J connectivity index is 0.00000659. The molecule has 0 saturated heterocycles. The Kier molecular flexibility index (Phi) is 13.6. The van der Waals surface area contributed by atoms with Crippen LogP contribution in [0, 0.1) is 46.9 Å². The summed E-state index contributed by atoms with van der Waals surface area (Å²) in [5, 5.41) is 6.10. The minimum Gasteiger partial charge on any atom is -0.516 e. The van der Waals surface area contributed by atoms with E-state index in [0.717, 1.165) is 55.9 Å². The number of ether oxygens (including phenoxy) is 1. The monoisotopic (exact) mass is 1100 g/mol. The van der Waals surface area contributed by atoms with Crippen LogP contribution in [0.1, 0.15) is 101 Å². The van der Waals surface area contributed by atoms with Gasteiger partial charge >= 0.3 is 0 Å². The number of nitrogens with zero attached hydrogens (tertiary/aromatic N) is 3. The molecule has 0 bridgehead atoms. The number of aryl methyl sites for hydroxylation is 4. The molecule has 360 valence electrons. The van der Waals surface area contributed by atoms with Gasteiger partial charge in [0.1, 0.15) is 5.82 Å². The summed E-state index contributed by atoms with van der Waals surface area (Å²) in [6.07, 6.45) is 1.91. The topological polar surface area (TPSA) is 42.3 Å². The van der Waals surface area contributed by atoms with Crippen molar-refractivity contribution in [2.24, 2.45) is 0 Å². The van der Waals surface area contributed by atoms with Gasteiger partial charge in [-0.25, -0.2) is 4.98 Å². The summed E-state index contributed by atoms with van der Waals surface area (Å²) in [4.78, 5) is 6.90. The van der Waals surface area contributed by atoms with E-state index in [0.29, 0.717) is 11.5 Å². The SMILES string of the molecule is [CH2-]N(c1[c-]c(Oc2[c-]c3c(cc2)c2ccc(C(C)(C)C)cc2n3-c2cc(C(C)(C)C)ccn2)ccc1)c1cc(C(C)(C)C)ccc1Nc1cc(-c2cc(C)cc(C)c2)cc(-c2c(C)cccc2C)c1.[Pt]. The van der Waals surface area contributed by atoms with Gasteiger partial charge in [0.25, 0.3) is 0 Å². The molecule has 9 aromatic rings. The maximum atomic E-state index is 6.69. The van der Waals surface area contributed by atoms with Crippen LogP contribution in [-0.4, -0.2) is 9.55 Å². The number of hydrogen-bond donors (Lipinski definition) is 1. The quantitative estimate of drug-likeness (QED) is 0.146. The first-order valence-corrected chi connectivity index (χ1v) is 24.1. The van der Waals surface area contributed by atoms with Crippen LogP contribution in [0.2, 0.25) is 0 Å². The van der Waals surface area contributed by atoms with E-state index in [2.05, 4.69) is 228 Å². The molecule has 0 saturated carbocycles. The normalized spacial score (nSPS) is 12.0. The number of hydrogen-bond acceptors (Lipinski definition) is 4. The van der Waals surface area contributed by atoms with Gasteiger partial charge in [-0.05, 0) is 148 Å². The molecule has 5 nitrogen and oxygen atoms in total. The first-order valence-electron chi connectivity index (χ1n) is 24.1. The maximum Gasteiger partial charge on any atom is 0.135 e. The smallest absolute Gasteiger partial charge is 0.135 e. The van der Waals surface area contributed by atoms with Gasteiger partial charge in [0.05, 0.1) is 5.69 Å². The second-order valence-corrected chi connectivity index (χ2v) is 22.0. The minimum atomic E-state index is -0.101. The van der Waals surface area contributed by atoms with E-state index in [4.69, 9.17) is 9.72 Å². The third-order valence-electron chi connectivity index (χ3n) is 13.3. The van der Waals surface area contributed by atoms with E-state index in [9.17, 15) is 0 Å². The van der Waals surface area contributed by atoms with Crippen LogP contribution >= 0.6 is 0 Å². The summed E-state index contributed by atoms with van der Waals surface area (Å²) in [5.74, 6) is 1.99. The van der Waals surface area contributed by atoms with Gasteiger partial charge in [-0.3, -0.25) is 7.05 Å². The van der Waals surface area contributed by atoms with Crippen LogP contribution in [0.5, 0.6) is 11.5 Å². The van der Waals surface area contributed by atoms with Gasteiger partial charge in [0.2, 0.25) is 0 Å². The van der Waals surface area contributed by atoms with Gasteiger partial charge in [-0.2, -0.15) is 12.1 Å². The Morgan fingerprint density at radius 2 is 1.16 bits per heavy atom. The Hall–Kier alpha value is -6.42. The molecular weight excluding hydrogens is 1040 g/mol. The molecule has 0 unspecified atom stereocenters. The van der Waals surface area contributed by atoms with E-state index in [1.165, 1.54) is 55.6 Å². The van der Waals surface area contributed by atoms with Crippen molar-refractivity contribution in [2.75, 3.05) is 10.2 Å². The fourth-order valence-electron chi connectivity index (χ4n) is 9.50. The maximum absolute atomic E-state index is 6.69. The molecule has 0 aliphatic rings. The molecule has 2 aromatic heterocycles. The third-order valence-corrected chi connectivity index (χ3v) is 13.3. The molecule has 1 N–H and O–H groups in total. The molecule has 0 aliphatic heterocycles. The molecule has 2 heterocycles. The number of pyridine rings is 1. The van der Waals surface area contributed by atoms with Gasteiger partial charge in [0, 0.05) is 55.7 Å². The number of benzene rings is 7. The van der Waals surface area contributed by atoms with Crippen LogP contribution < -0.4 is 15.0 Å². The molecular formula is C64H65N4OPt-3. The summed E-state index contributed by atoms with van der Waals surface area (Å²) >= 11 is 0. The molecule has 70 heavy (non-hydrogen) atoms. The van der Waals surface area contributed by atoms with E-state index in [1.54, 1.807) is 0 Å². The Morgan fingerprint density at radius 3 is 1.84 bits per heavy atom. The van der Waals surface area contributed by atoms with Crippen molar-refractivity contribution in [3.05, 3.63) is 198 Å². The van der Waals surface area contributed by atoms with Gasteiger partial charge < -0.3 is 19.5 Å². The summed E-state index contributed by atoms with van der Waals surface area (Å²) < 4.78 is 8.93. The zero-order chi connectivity index (χ0) is 49.2. The van der Waals surface area contributed by atoms with Crippen LogP contribution in [0.3, 0.4) is 0 Å². The second-order valence-electron chi connectivity index (χ2n) is 22.0. The summed E-state index contributed by atoms with van der Waals surface area (Å²) in [6, 6.07) is 55.2. The van der Waals surface area contributed by atoms with Crippen molar-refractivity contribution >= 4 is 44.6 Å². The van der Waals surface area contributed by atoms with Crippen molar-refractivity contribution in [3.63, 3.8) is 0 Å². The first kappa shape index (κ1) is 50.0. The molecule has 0 amide bonds. The van der Waals surface area contributed by atoms with Gasteiger partial charge in [-0.15, -0.1) is 41.4 Å². The van der Waals surface area contributed by atoms with Crippen LogP contribution in [-0.2, 0) is 37.3 Å². The minimum absolute atomic E-state index is 0. The molecule has 0 radical (unpaired) electrons. The van der Waals surface area contributed by atoms with Crippen LogP contribution in [0.4, 0.5) is 22.7 Å². The van der Waals surface area contributed by atoms with Crippen molar-refractivity contribution in [2.45, 2.75) is 106 Å². The molecule has 9 rings (SSSR count).